The van der Waals surface area contributed by atoms with Crippen LogP contribution >= 0.6 is 0 Å². The molecule has 5 heteroatoms. The summed E-state index contributed by atoms with van der Waals surface area (Å²) in [5, 5.41) is 6.02. The second kappa shape index (κ2) is 7.66. The zero-order valence-electron chi connectivity index (χ0n) is 11.2. The molecule has 100 valence electrons. The highest BCUT2D eigenvalue weighted by Crippen LogP contribution is 2.05. The fourth-order valence-electron chi connectivity index (χ4n) is 1.48. The number of carbonyl (C=O) groups excluding carboxylic acids is 1. The van der Waals surface area contributed by atoms with E-state index in [-0.39, 0.29) is 11.9 Å². The van der Waals surface area contributed by atoms with Crippen molar-refractivity contribution in [2.24, 2.45) is 0 Å². The lowest BCUT2D eigenvalue weighted by atomic mass is 10.3. The predicted molar refractivity (Wildman–Crippen MR) is 70.4 cm³/mol. The number of amides is 1. The summed E-state index contributed by atoms with van der Waals surface area (Å²) in [6, 6.07) is 5.81. The van der Waals surface area contributed by atoms with Crippen LogP contribution < -0.4 is 15.4 Å². The average Bonchev–Trinajstić information content (AvgIpc) is 2.34. The fraction of sp³-hybridized carbons (Fsp3) is 0.538. The van der Waals surface area contributed by atoms with Crippen LogP contribution in [0.4, 0.5) is 0 Å². The van der Waals surface area contributed by atoms with Gasteiger partial charge in [-0.1, -0.05) is 6.07 Å². The quantitative estimate of drug-likeness (QED) is 0.712. The number of ether oxygens (including phenoxy) is 1. The van der Waals surface area contributed by atoms with Crippen LogP contribution in [0.3, 0.4) is 0 Å². The van der Waals surface area contributed by atoms with Gasteiger partial charge in [-0.15, -0.1) is 0 Å². The molecule has 0 aromatic carbocycles. The molecule has 0 unspecified atom stereocenters. The lowest BCUT2D eigenvalue weighted by Gasteiger charge is -2.09. The maximum Gasteiger partial charge on any atom is 0.221 e. The van der Waals surface area contributed by atoms with Gasteiger partial charge in [-0.2, -0.15) is 0 Å². The molecule has 1 heterocycles. The summed E-state index contributed by atoms with van der Waals surface area (Å²) in [4.78, 5) is 15.6. The first-order valence-corrected chi connectivity index (χ1v) is 6.12. The summed E-state index contributed by atoms with van der Waals surface area (Å²) in [7, 11) is 1.59. The zero-order valence-corrected chi connectivity index (χ0v) is 11.2. The number of rotatable bonds is 7. The van der Waals surface area contributed by atoms with Gasteiger partial charge in [-0.3, -0.25) is 4.79 Å². The number of pyridine rings is 1. The van der Waals surface area contributed by atoms with E-state index in [1.165, 1.54) is 0 Å². The zero-order chi connectivity index (χ0) is 13.4. The molecule has 18 heavy (non-hydrogen) atoms. The van der Waals surface area contributed by atoms with E-state index in [1.54, 1.807) is 13.2 Å². The molecule has 0 aliphatic rings. The van der Waals surface area contributed by atoms with Crippen molar-refractivity contribution in [2.45, 2.75) is 32.9 Å². The first-order chi connectivity index (χ1) is 8.61. The molecule has 0 saturated heterocycles. The summed E-state index contributed by atoms with van der Waals surface area (Å²) in [6.07, 6.45) is 0.474. The summed E-state index contributed by atoms with van der Waals surface area (Å²) < 4.78 is 5.04. The molecule has 1 aromatic heterocycles. The number of hydrogen-bond acceptors (Lipinski definition) is 4. The summed E-state index contributed by atoms with van der Waals surface area (Å²) in [6.45, 7) is 5.17. The first kappa shape index (κ1) is 14.4. The number of carbonyl (C=O) groups is 1. The van der Waals surface area contributed by atoms with E-state index in [0.29, 0.717) is 25.4 Å². The van der Waals surface area contributed by atoms with Crippen LogP contribution in [-0.4, -0.2) is 30.6 Å². The second-order valence-corrected chi connectivity index (χ2v) is 4.32. The largest absolute Gasteiger partial charge is 0.481 e. The van der Waals surface area contributed by atoms with Gasteiger partial charge in [-0.25, -0.2) is 4.98 Å². The van der Waals surface area contributed by atoms with Crippen LogP contribution in [0.25, 0.3) is 0 Å². The number of methoxy groups -OCH3 is 1. The molecule has 2 N–H and O–H groups in total. The Kier molecular flexibility index (Phi) is 6.14. The molecule has 1 aromatic rings. The van der Waals surface area contributed by atoms with Gasteiger partial charge in [0.25, 0.3) is 0 Å². The maximum absolute atomic E-state index is 11.4. The van der Waals surface area contributed by atoms with Crippen LogP contribution in [0.5, 0.6) is 5.88 Å². The predicted octanol–water partition coefficient (Wildman–Crippen LogP) is 1.09. The second-order valence-electron chi connectivity index (χ2n) is 4.32. The smallest absolute Gasteiger partial charge is 0.221 e. The highest BCUT2D eigenvalue weighted by Gasteiger charge is 2.02. The maximum atomic E-state index is 11.4. The van der Waals surface area contributed by atoms with Crippen molar-refractivity contribution in [3.05, 3.63) is 23.9 Å². The number of hydrogen-bond donors (Lipinski definition) is 2. The minimum atomic E-state index is 0.0658. The highest BCUT2D eigenvalue weighted by molar-refractivity contribution is 5.76. The first-order valence-electron chi connectivity index (χ1n) is 6.12. The van der Waals surface area contributed by atoms with Crippen LogP contribution in [0, 0.1) is 0 Å². The normalized spacial score (nSPS) is 10.4. The van der Waals surface area contributed by atoms with Crippen molar-refractivity contribution in [3.63, 3.8) is 0 Å². The van der Waals surface area contributed by atoms with Crippen molar-refractivity contribution >= 4 is 5.91 Å². The fourth-order valence-corrected chi connectivity index (χ4v) is 1.48. The summed E-state index contributed by atoms with van der Waals surface area (Å²) >= 11 is 0. The molecule has 0 saturated carbocycles. The molecular formula is C13H21N3O2. The molecule has 0 atom stereocenters. The average molecular weight is 251 g/mol. The van der Waals surface area contributed by atoms with Gasteiger partial charge in [0.05, 0.1) is 12.8 Å². The molecule has 1 rings (SSSR count). The topological polar surface area (TPSA) is 63.2 Å². The Morgan fingerprint density at radius 3 is 2.89 bits per heavy atom. The van der Waals surface area contributed by atoms with E-state index in [0.717, 1.165) is 5.69 Å². The molecule has 0 bridgehead atoms. The van der Waals surface area contributed by atoms with E-state index in [9.17, 15) is 4.79 Å². The summed E-state index contributed by atoms with van der Waals surface area (Å²) in [5.74, 6) is 0.669. The minimum absolute atomic E-state index is 0.0658. The lowest BCUT2D eigenvalue weighted by Crippen LogP contribution is -2.32. The van der Waals surface area contributed by atoms with Gasteiger partial charge in [0, 0.05) is 31.6 Å². The van der Waals surface area contributed by atoms with Gasteiger partial charge in [-0.05, 0) is 19.9 Å². The number of nitrogens with one attached hydrogen (secondary N) is 2. The van der Waals surface area contributed by atoms with Gasteiger partial charge in [0.15, 0.2) is 0 Å². The van der Waals surface area contributed by atoms with Crippen LogP contribution in [0.1, 0.15) is 26.0 Å². The summed E-state index contributed by atoms with van der Waals surface area (Å²) in [5.41, 5.74) is 0.901. The monoisotopic (exact) mass is 251 g/mol. The van der Waals surface area contributed by atoms with E-state index < -0.39 is 0 Å². The Balaban J connectivity index is 2.23. The molecule has 0 aliphatic heterocycles. The minimum Gasteiger partial charge on any atom is -0.481 e. The van der Waals surface area contributed by atoms with E-state index in [4.69, 9.17) is 4.74 Å². The van der Waals surface area contributed by atoms with Gasteiger partial charge >= 0.3 is 0 Å². The van der Waals surface area contributed by atoms with Gasteiger partial charge in [0.1, 0.15) is 0 Å². The Bertz CT molecular complexity index is 380. The highest BCUT2D eigenvalue weighted by atomic mass is 16.5. The van der Waals surface area contributed by atoms with Crippen molar-refractivity contribution in [3.8, 4) is 5.88 Å². The Morgan fingerprint density at radius 2 is 2.22 bits per heavy atom. The van der Waals surface area contributed by atoms with Crippen LogP contribution in [0.15, 0.2) is 18.2 Å². The van der Waals surface area contributed by atoms with Crippen LogP contribution in [-0.2, 0) is 11.3 Å². The third-order valence-corrected chi connectivity index (χ3v) is 2.27. The van der Waals surface area contributed by atoms with Gasteiger partial charge < -0.3 is 15.4 Å². The molecule has 0 fully saturated rings. The lowest BCUT2D eigenvalue weighted by molar-refractivity contribution is -0.121. The molecule has 5 nitrogen and oxygen atoms in total. The van der Waals surface area contributed by atoms with Crippen molar-refractivity contribution < 1.29 is 9.53 Å². The van der Waals surface area contributed by atoms with E-state index >= 15 is 0 Å². The van der Waals surface area contributed by atoms with E-state index in [2.05, 4.69) is 15.6 Å². The SMILES string of the molecule is COc1cccc(CNCCC(=O)NC(C)C)n1. The molecular weight excluding hydrogens is 230 g/mol. The molecule has 0 aliphatic carbocycles. The Morgan fingerprint density at radius 1 is 1.44 bits per heavy atom. The standard InChI is InChI=1S/C13H21N3O2/c1-10(2)15-12(17)7-8-14-9-11-5-4-6-13(16-11)18-3/h4-6,10,14H,7-9H2,1-3H3,(H,15,17). The molecule has 1 amide bonds. The Hall–Kier alpha value is -1.62. The third kappa shape index (κ3) is 5.63. The molecule has 0 radical (unpaired) electrons. The number of nitrogens with zero attached hydrogens (tertiary/aromatic N) is 1. The van der Waals surface area contributed by atoms with E-state index in [1.807, 2.05) is 26.0 Å². The van der Waals surface area contributed by atoms with Crippen LogP contribution in [0.2, 0.25) is 0 Å². The van der Waals surface area contributed by atoms with Gasteiger partial charge in [0.2, 0.25) is 11.8 Å². The third-order valence-electron chi connectivity index (χ3n) is 2.27. The van der Waals surface area contributed by atoms with Crippen molar-refractivity contribution in [2.75, 3.05) is 13.7 Å². The molecule has 0 spiro atoms. The van der Waals surface area contributed by atoms with Crippen molar-refractivity contribution in [1.82, 2.24) is 15.6 Å². The number of aromatic nitrogens is 1. The Labute approximate surface area is 108 Å². The van der Waals surface area contributed by atoms with Crippen molar-refractivity contribution in [1.29, 1.82) is 0 Å².